The summed E-state index contributed by atoms with van der Waals surface area (Å²) in [5.41, 5.74) is 0.295. The van der Waals surface area contributed by atoms with E-state index >= 15 is 4.39 Å². The van der Waals surface area contributed by atoms with Crippen molar-refractivity contribution in [3.8, 4) is 22.9 Å². The number of rotatable bonds is 8. The van der Waals surface area contributed by atoms with E-state index in [0.29, 0.717) is 36.2 Å². The van der Waals surface area contributed by atoms with Crippen LogP contribution in [0.15, 0.2) is 41.7 Å². The number of nitriles is 1. The molecule has 1 aromatic heterocycles. The molecule has 9 nitrogen and oxygen atoms in total. The Hall–Kier alpha value is -3.56. The normalized spacial score (nSPS) is 23.0. The molecule has 4 atom stereocenters. The van der Waals surface area contributed by atoms with Gasteiger partial charge in [0.25, 0.3) is 0 Å². The van der Waals surface area contributed by atoms with Gasteiger partial charge in [-0.05, 0) is 57.1 Å². The van der Waals surface area contributed by atoms with Crippen LogP contribution in [0.3, 0.4) is 0 Å². The van der Waals surface area contributed by atoms with Crippen LogP contribution < -0.4 is 15.3 Å². The first-order valence-corrected chi connectivity index (χ1v) is 14.9. The van der Waals surface area contributed by atoms with Gasteiger partial charge in [0.1, 0.15) is 30.3 Å². The minimum atomic E-state index is -0.930. The fourth-order valence-corrected chi connectivity index (χ4v) is 6.77. The van der Waals surface area contributed by atoms with Gasteiger partial charge in [-0.3, -0.25) is 9.47 Å². The van der Waals surface area contributed by atoms with Gasteiger partial charge in [0.2, 0.25) is 0 Å². The fraction of sp³-hybridized carbons (Fsp3) is 0.452. The Bertz CT molecular complexity index is 1670. The van der Waals surface area contributed by atoms with E-state index in [1.54, 1.807) is 10.6 Å². The molecule has 2 aromatic carbocycles. The number of benzene rings is 2. The lowest BCUT2D eigenvalue weighted by Crippen LogP contribution is -2.60. The fourth-order valence-electron chi connectivity index (χ4n) is 6.48. The molecule has 43 heavy (non-hydrogen) atoms. The van der Waals surface area contributed by atoms with Crippen LogP contribution in [-0.2, 0) is 0 Å². The van der Waals surface area contributed by atoms with E-state index in [1.165, 1.54) is 12.1 Å². The van der Waals surface area contributed by atoms with Crippen LogP contribution in [0.5, 0.6) is 5.75 Å². The van der Waals surface area contributed by atoms with Crippen molar-refractivity contribution in [2.75, 3.05) is 44.2 Å². The number of piperazine rings is 1. The number of likely N-dealkylation sites (tertiary alicyclic amines) is 1. The Morgan fingerprint density at radius 3 is 2.74 bits per heavy atom. The Labute approximate surface area is 253 Å². The summed E-state index contributed by atoms with van der Waals surface area (Å²) < 4.78 is 36.9. The van der Waals surface area contributed by atoms with Crippen molar-refractivity contribution in [1.82, 2.24) is 19.4 Å². The first-order chi connectivity index (χ1) is 20.7. The maximum Gasteiger partial charge on any atom is 0.350 e. The maximum absolute atomic E-state index is 15.1. The summed E-state index contributed by atoms with van der Waals surface area (Å²) >= 11 is 6.85. The molecule has 3 aliphatic rings. The van der Waals surface area contributed by atoms with E-state index in [2.05, 4.69) is 22.5 Å². The second-order valence-corrected chi connectivity index (χ2v) is 11.9. The number of aromatic nitrogens is 2. The highest BCUT2D eigenvalue weighted by Crippen LogP contribution is 2.47. The average molecular weight is 611 g/mol. The molecule has 0 amide bonds. The van der Waals surface area contributed by atoms with Gasteiger partial charge in [-0.2, -0.15) is 10.2 Å². The van der Waals surface area contributed by atoms with Crippen LogP contribution >= 0.6 is 11.6 Å². The summed E-state index contributed by atoms with van der Waals surface area (Å²) in [7, 11) is 0. The molecule has 0 bridgehead atoms. The largest absolute Gasteiger partial charge is 0.488 e. The zero-order chi connectivity index (χ0) is 30.4. The highest BCUT2D eigenvalue weighted by Gasteiger charge is 2.38. The van der Waals surface area contributed by atoms with Crippen molar-refractivity contribution < 1.29 is 18.6 Å². The van der Waals surface area contributed by atoms with E-state index in [9.17, 15) is 19.6 Å². The summed E-state index contributed by atoms with van der Waals surface area (Å²) in [4.78, 5) is 24.6. The lowest BCUT2D eigenvalue weighted by Gasteiger charge is -2.46. The molecule has 1 N–H and O–H groups in total. The molecular formula is C31H33ClF2N6O3. The number of halogens is 3. The summed E-state index contributed by atoms with van der Waals surface area (Å²) in [6.45, 7) is 9.35. The van der Waals surface area contributed by atoms with Crippen molar-refractivity contribution in [2.24, 2.45) is 0 Å². The molecule has 0 spiro atoms. The van der Waals surface area contributed by atoms with E-state index in [-0.39, 0.29) is 53.1 Å². The number of aliphatic hydroxyl groups is 1. The molecule has 12 heteroatoms. The molecule has 2 fully saturated rings. The van der Waals surface area contributed by atoms with Crippen LogP contribution in [0.2, 0.25) is 5.02 Å². The molecule has 2 saturated heterocycles. The highest BCUT2D eigenvalue weighted by atomic mass is 35.5. The molecule has 4 heterocycles. The third kappa shape index (κ3) is 5.27. The van der Waals surface area contributed by atoms with Crippen LogP contribution in [0.4, 0.5) is 14.6 Å². The van der Waals surface area contributed by atoms with Gasteiger partial charge < -0.3 is 19.6 Å². The average Bonchev–Trinajstić information content (AvgIpc) is 2.95. The van der Waals surface area contributed by atoms with E-state index in [4.69, 9.17) is 16.3 Å². The van der Waals surface area contributed by atoms with Gasteiger partial charge in [-0.25, -0.2) is 13.6 Å². The van der Waals surface area contributed by atoms with Crippen molar-refractivity contribution in [2.45, 2.75) is 50.5 Å². The van der Waals surface area contributed by atoms with Crippen molar-refractivity contribution in [1.29, 1.82) is 5.26 Å². The number of anilines is 1. The van der Waals surface area contributed by atoms with Gasteiger partial charge >= 0.3 is 5.69 Å². The maximum atomic E-state index is 15.1. The summed E-state index contributed by atoms with van der Waals surface area (Å²) in [6.07, 6.45) is 2.45. The van der Waals surface area contributed by atoms with Gasteiger partial charge in [0, 0.05) is 54.3 Å². The molecule has 3 aliphatic heterocycles. The quantitative estimate of drug-likeness (QED) is 0.377. The first-order valence-electron chi connectivity index (χ1n) is 14.5. The minimum absolute atomic E-state index is 0.0640. The van der Waals surface area contributed by atoms with Crippen LogP contribution in [-0.4, -0.2) is 82.1 Å². The molecule has 3 unspecified atom stereocenters. The summed E-state index contributed by atoms with van der Waals surface area (Å²) in [6, 6.07) is 6.25. The number of aliphatic hydroxyl groups excluding tert-OH is 1. The highest BCUT2D eigenvalue weighted by molar-refractivity contribution is 6.35. The van der Waals surface area contributed by atoms with Crippen LogP contribution in [0, 0.1) is 23.0 Å². The van der Waals surface area contributed by atoms with Crippen LogP contribution in [0.1, 0.15) is 32.2 Å². The number of nitrogens with zero attached hydrogens (tertiary/aromatic N) is 6. The SMILES string of the molecule is C=CC(O)N1CC(C)N(c2nc(=O)n3c4c(c(-c5ccc(F)cc5F)c(Cl)cc24)OCC3CCN2CCC2)C[C@@H]1CC#N. The molecule has 3 aromatic rings. The molecular weight excluding hydrogens is 578 g/mol. The molecule has 0 aliphatic carbocycles. The van der Waals surface area contributed by atoms with Crippen LogP contribution in [0.25, 0.3) is 22.0 Å². The minimum Gasteiger partial charge on any atom is -0.488 e. The number of hydrogen-bond acceptors (Lipinski definition) is 8. The molecule has 226 valence electrons. The van der Waals surface area contributed by atoms with Gasteiger partial charge in [0.05, 0.1) is 29.1 Å². The summed E-state index contributed by atoms with van der Waals surface area (Å²) in [5.74, 6) is -0.894. The number of hydrogen-bond donors (Lipinski definition) is 1. The van der Waals surface area contributed by atoms with Crippen molar-refractivity contribution in [3.63, 3.8) is 0 Å². The zero-order valence-electron chi connectivity index (χ0n) is 23.8. The monoisotopic (exact) mass is 610 g/mol. The van der Waals surface area contributed by atoms with E-state index < -0.39 is 23.6 Å². The van der Waals surface area contributed by atoms with Crippen molar-refractivity contribution in [3.05, 3.63) is 64.1 Å². The third-order valence-corrected chi connectivity index (χ3v) is 9.14. The standard InChI is InChI=1S/C31H33ClF2N6O3/c1-3-26(41)39-15-18(2)38(16-20(39)7-9-35)30-23-14-24(32)27(22-6-5-19(33)13-25(22)34)29-28(23)40(31(42)36-30)21(17-43-29)8-12-37-10-4-11-37/h3,5-6,13-14,18,20-21,26,41H,1,4,7-8,10-12,15-17H2,2H3/t18?,20-,21?,26?/m0/s1. The topological polar surface area (TPSA) is 97.9 Å². The third-order valence-electron chi connectivity index (χ3n) is 8.84. The Balaban J connectivity index is 1.53. The lowest BCUT2D eigenvalue weighted by atomic mass is 9.98. The predicted octanol–water partition coefficient (Wildman–Crippen LogP) is 4.32. The Morgan fingerprint density at radius 1 is 1.28 bits per heavy atom. The zero-order valence-corrected chi connectivity index (χ0v) is 24.6. The second kappa shape index (κ2) is 11.8. The number of ether oxygens (including phenoxy) is 1. The Kier molecular flexibility index (Phi) is 8.13. The predicted molar refractivity (Wildman–Crippen MR) is 160 cm³/mol. The first kappa shape index (κ1) is 29.5. The van der Waals surface area contributed by atoms with E-state index in [1.807, 2.05) is 16.7 Å². The molecule has 6 rings (SSSR count). The molecule has 0 radical (unpaired) electrons. The van der Waals surface area contributed by atoms with Gasteiger partial charge in [0.15, 0.2) is 5.75 Å². The van der Waals surface area contributed by atoms with E-state index in [0.717, 1.165) is 38.2 Å². The summed E-state index contributed by atoms with van der Waals surface area (Å²) in [5, 5.41) is 20.8. The lowest BCUT2D eigenvalue weighted by molar-refractivity contribution is -0.00419. The second-order valence-electron chi connectivity index (χ2n) is 11.5. The van der Waals surface area contributed by atoms with Crippen molar-refractivity contribution >= 4 is 28.3 Å². The Morgan fingerprint density at radius 2 is 2.07 bits per heavy atom. The van der Waals surface area contributed by atoms with Gasteiger partial charge in [-0.15, -0.1) is 0 Å². The molecule has 0 saturated carbocycles. The van der Waals surface area contributed by atoms with Gasteiger partial charge in [-0.1, -0.05) is 18.2 Å². The smallest absolute Gasteiger partial charge is 0.350 e.